The van der Waals surface area contributed by atoms with Gasteiger partial charge in [0.1, 0.15) is 0 Å². The van der Waals surface area contributed by atoms with Crippen molar-refractivity contribution in [2.75, 3.05) is 6.54 Å². The molecular weight excluding hydrogens is 248 g/mol. The number of rotatable bonds is 5. The van der Waals surface area contributed by atoms with E-state index < -0.39 is 0 Å². The molecule has 0 atom stereocenters. The standard InChI is InChI=1S/C17H20N2O/c1-12-7-8-14(9-13(12)2)16-6-4-3-5-15(16)10-19-11-17(18)20/h3-9,19H,10-11H2,1-2H3,(H2,18,20). The Hall–Kier alpha value is -2.13. The molecule has 2 rings (SSSR count). The first-order chi connectivity index (χ1) is 9.58. The van der Waals surface area contributed by atoms with E-state index in [0.29, 0.717) is 6.54 Å². The molecule has 0 fully saturated rings. The molecular formula is C17H20N2O. The van der Waals surface area contributed by atoms with Crippen LogP contribution in [0, 0.1) is 13.8 Å². The van der Waals surface area contributed by atoms with Crippen LogP contribution in [0.2, 0.25) is 0 Å². The van der Waals surface area contributed by atoms with Gasteiger partial charge < -0.3 is 11.1 Å². The number of carbonyl (C=O) groups is 1. The SMILES string of the molecule is Cc1ccc(-c2ccccc2CNCC(N)=O)cc1C. The smallest absolute Gasteiger partial charge is 0.231 e. The van der Waals surface area contributed by atoms with Crippen molar-refractivity contribution in [1.82, 2.24) is 5.32 Å². The van der Waals surface area contributed by atoms with E-state index in [0.717, 1.165) is 5.56 Å². The van der Waals surface area contributed by atoms with E-state index in [1.165, 1.54) is 22.3 Å². The molecule has 0 unspecified atom stereocenters. The predicted octanol–water partition coefficient (Wildman–Crippen LogP) is 2.55. The van der Waals surface area contributed by atoms with Crippen molar-refractivity contribution in [2.24, 2.45) is 5.73 Å². The molecule has 0 aliphatic carbocycles. The summed E-state index contributed by atoms with van der Waals surface area (Å²) in [4.78, 5) is 10.8. The first kappa shape index (κ1) is 14.3. The summed E-state index contributed by atoms with van der Waals surface area (Å²) in [6, 6.07) is 14.7. The normalized spacial score (nSPS) is 10.5. The molecule has 20 heavy (non-hydrogen) atoms. The van der Waals surface area contributed by atoms with Crippen molar-refractivity contribution in [1.29, 1.82) is 0 Å². The fourth-order valence-electron chi connectivity index (χ4n) is 2.19. The Kier molecular flexibility index (Phi) is 4.53. The van der Waals surface area contributed by atoms with E-state index in [1.54, 1.807) is 0 Å². The number of aryl methyl sites for hydroxylation is 2. The minimum atomic E-state index is -0.339. The Balaban J connectivity index is 2.26. The minimum absolute atomic E-state index is 0.196. The van der Waals surface area contributed by atoms with E-state index in [4.69, 9.17) is 5.73 Å². The van der Waals surface area contributed by atoms with Crippen LogP contribution in [0.4, 0.5) is 0 Å². The Bertz CT molecular complexity index is 620. The predicted molar refractivity (Wildman–Crippen MR) is 82.3 cm³/mol. The number of nitrogens with two attached hydrogens (primary N) is 1. The molecule has 2 aromatic rings. The number of amides is 1. The molecule has 3 nitrogen and oxygen atoms in total. The van der Waals surface area contributed by atoms with E-state index in [-0.39, 0.29) is 12.5 Å². The molecule has 1 amide bonds. The van der Waals surface area contributed by atoms with Gasteiger partial charge in [-0.05, 0) is 41.7 Å². The van der Waals surface area contributed by atoms with Gasteiger partial charge in [0.05, 0.1) is 6.54 Å². The van der Waals surface area contributed by atoms with Crippen LogP contribution in [0.5, 0.6) is 0 Å². The zero-order valence-corrected chi connectivity index (χ0v) is 11.9. The second-order valence-corrected chi connectivity index (χ2v) is 5.03. The summed E-state index contributed by atoms with van der Waals surface area (Å²) >= 11 is 0. The van der Waals surface area contributed by atoms with Crippen molar-refractivity contribution >= 4 is 5.91 Å². The van der Waals surface area contributed by atoms with Gasteiger partial charge in [0.15, 0.2) is 0 Å². The lowest BCUT2D eigenvalue weighted by Crippen LogP contribution is -2.28. The maximum absolute atomic E-state index is 10.8. The molecule has 0 heterocycles. The highest BCUT2D eigenvalue weighted by molar-refractivity contribution is 5.76. The summed E-state index contributed by atoms with van der Waals surface area (Å²) < 4.78 is 0. The van der Waals surface area contributed by atoms with Crippen LogP contribution in [0.25, 0.3) is 11.1 Å². The van der Waals surface area contributed by atoms with Crippen LogP contribution in [0.15, 0.2) is 42.5 Å². The molecule has 3 N–H and O–H groups in total. The van der Waals surface area contributed by atoms with Gasteiger partial charge in [0.2, 0.25) is 5.91 Å². The molecule has 3 heteroatoms. The third kappa shape index (κ3) is 3.45. The fraction of sp³-hybridized carbons (Fsp3) is 0.235. The lowest BCUT2D eigenvalue weighted by Gasteiger charge is -2.11. The second-order valence-electron chi connectivity index (χ2n) is 5.03. The lowest BCUT2D eigenvalue weighted by molar-refractivity contribution is -0.117. The summed E-state index contributed by atoms with van der Waals surface area (Å²) in [5.74, 6) is -0.339. The number of hydrogen-bond acceptors (Lipinski definition) is 2. The van der Waals surface area contributed by atoms with E-state index >= 15 is 0 Å². The third-order valence-electron chi connectivity index (χ3n) is 3.45. The summed E-state index contributed by atoms with van der Waals surface area (Å²) in [6.45, 7) is 5.06. The molecule has 0 aromatic heterocycles. The van der Waals surface area contributed by atoms with Gasteiger partial charge in [-0.1, -0.05) is 42.5 Å². The average molecular weight is 268 g/mol. The van der Waals surface area contributed by atoms with Crippen LogP contribution in [0.1, 0.15) is 16.7 Å². The number of benzene rings is 2. The van der Waals surface area contributed by atoms with Gasteiger partial charge in [0, 0.05) is 6.54 Å². The Labute approximate surface area is 119 Å². The number of nitrogens with one attached hydrogen (secondary N) is 1. The topological polar surface area (TPSA) is 55.1 Å². The van der Waals surface area contributed by atoms with Crippen LogP contribution >= 0.6 is 0 Å². The average Bonchev–Trinajstić information content (AvgIpc) is 2.42. The van der Waals surface area contributed by atoms with Gasteiger partial charge in [-0.2, -0.15) is 0 Å². The Morgan fingerprint density at radius 1 is 1.10 bits per heavy atom. The maximum Gasteiger partial charge on any atom is 0.231 e. The fourth-order valence-corrected chi connectivity index (χ4v) is 2.19. The number of primary amides is 1. The van der Waals surface area contributed by atoms with E-state index in [1.807, 2.05) is 12.1 Å². The van der Waals surface area contributed by atoms with Gasteiger partial charge in [-0.25, -0.2) is 0 Å². The monoisotopic (exact) mass is 268 g/mol. The van der Waals surface area contributed by atoms with Crippen molar-refractivity contribution in [3.05, 3.63) is 59.2 Å². The van der Waals surface area contributed by atoms with Crippen LogP contribution in [-0.2, 0) is 11.3 Å². The summed E-state index contributed by atoms with van der Waals surface area (Å²) in [5.41, 5.74) is 11.3. The van der Waals surface area contributed by atoms with Crippen molar-refractivity contribution in [3.63, 3.8) is 0 Å². The summed E-state index contributed by atoms with van der Waals surface area (Å²) in [5, 5.41) is 3.06. The first-order valence-corrected chi connectivity index (χ1v) is 6.72. The zero-order chi connectivity index (χ0) is 14.5. The maximum atomic E-state index is 10.8. The third-order valence-corrected chi connectivity index (χ3v) is 3.45. The van der Waals surface area contributed by atoms with E-state index in [2.05, 4.69) is 49.5 Å². The first-order valence-electron chi connectivity index (χ1n) is 6.72. The number of hydrogen-bond donors (Lipinski definition) is 2. The Morgan fingerprint density at radius 3 is 2.55 bits per heavy atom. The molecule has 0 aliphatic rings. The van der Waals surface area contributed by atoms with Gasteiger partial charge in [-0.3, -0.25) is 4.79 Å². The molecule has 0 bridgehead atoms. The minimum Gasteiger partial charge on any atom is -0.369 e. The quantitative estimate of drug-likeness (QED) is 0.875. The second kappa shape index (κ2) is 6.35. The van der Waals surface area contributed by atoms with E-state index in [9.17, 15) is 4.79 Å². The molecule has 2 aromatic carbocycles. The lowest BCUT2D eigenvalue weighted by atomic mass is 9.96. The van der Waals surface area contributed by atoms with Gasteiger partial charge in [-0.15, -0.1) is 0 Å². The summed E-state index contributed by atoms with van der Waals surface area (Å²) in [6.07, 6.45) is 0. The molecule has 0 saturated carbocycles. The van der Waals surface area contributed by atoms with Gasteiger partial charge in [0.25, 0.3) is 0 Å². The molecule has 0 spiro atoms. The number of carbonyl (C=O) groups excluding carboxylic acids is 1. The Morgan fingerprint density at radius 2 is 1.85 bits per heavy atom. The summed E-state index contributed by atoms with van der Waals surface area (Å²) in [7, 11) is 0. The highest BCUT2D eigenvalue weighted by atomic mass is 16.1. The highest BCUT2D eigenvalue weighted by Gasteiger charge is 2.06. The van der Waals surface area contributed by atoms with Crippen molar-refractivity contribution in [2.45, 2.75) is 20.4 Å². The largest absolute Gasteiger partial charge is 0.369 e. The van der Waals surface area contributed by atoms with Crippen LogP contribution in [-0.4, -0.2) is 12.5 Å². The highest BCUT2D eigenvalue weighted by Crippen LogP contribution is 2.25. The van der Waals surface area contributed by atoms with Crippen LogP contribution < -0.4 is 11.1 Å². The van der Waals surface area contributed by atoms with Crippen LogP contribution in [0.3, 0.4) is 0 Å². The molecule has 104 valence electrons. The van der Waals surface area contributed by atoms with Gasteiger partial charge >= 0.3 is 0 Å². The molecule has 0 saturated heterocycles. The molecule has 0 aliphatic heterocycles. The van der Waals surface area contributed by atoms with Crippen molar-refractivity contribution in [3.8, 4) is 11.1 Å². The zero-order valence-electron chi connectivity index (χ0n) is 11.9. The molecule has 0 radical (unpaired) electrons. The van der Waals surface area contributed by atoms with Crippen molar-refractivity contribution < 1.29 is 4.79 Å².